The van der Waals surface area contributed by atoms with Crippen molar-refractivity contribution in [2.24, 2.45) is 0 Å². The van der Waals surface area contributed by atoms with Crippen LogP contribution >= 0.6 is 12.2 Å². The molecular formula is C32H41N5O6S. The molecule has 2 aromatic carbocycles. The summed E-state index contributed by atoms with van der Waals surface area (Å²) in [4.78, 5) is 59.2. The van der Waals surface area contributed by atoms with E-state index in [9.17, 15) is 19.2 Å². The molecule has 0 unspecified atom stereocenters. The molecule has 12 heteroatoms. The van der Waals surface area contributed by atoms with Crippen molar-refractivity contribution in [2.45, 2.75) is 39.7 Å². The van der Waals surface area contributed by atoms with Crippen LogP contribution in [0.25, 0.3) is 0 Å². The second-order valence-corrected chi connectivity index (χ2v) is 11.0. The van der Waals surface area contributed by atoms with E-state index in [0.717, 1.165) is 45.7 Å². The summed E-state index contributed by atoms with van der Waals surface area (Å²) in [7, 11) is 0. The molecule has 2 amide bonds. The lowest BCUT2D eigenvalue weighted by Crippen LogP contribution is -2.47. The van der Waals surface area contributed by atoms with E-state index in [0.29, 0.717) is 34.2 Å². The number of hydrogen-bond donors (Lipinski definition) is 1. The molecule has 0 radical (unpaired) electrons. The number of carbonyl (C=O) groups is 4. The van der Waals surface area contributed by atoms with Crippen molar-refractivity contribution < 1.29 is 28.7 Å². The molecule has 4 rings (SSSR count). The van der Waals surface area contributed by atoms with Crippen molar-refractivity contribution in [2.75, 3.05) is 69.2 Å². The van der Waals surface area contributed by atoms with E-state index in [4.69, 9.17) is 21.7 Å². The van der Waals surface area contributed by atoms with Crippen LogP contribution in [-0.2, 0) is 19.1 Å². The molecule has 236 valence electrons. The number of rotatable bonds is 13. The van der Waals surface area contributed by atoms with Gasteiger partial charge in [-0.15, -0.1) is 0 Å². The van der Waals surface area contributed by atoms with E-state index in [2.05, 4.69) is 22.0 Å². The van der Waals surface area contributed by atoms with Crippen LogP contribution in [0.3, 0.4) is 0 Å². The standard InChI is InChI=1S/C32H41N5O6S/c1-4-34-18-20-35(21-19-34)16-7-17-36-27(22-28(38)33-25-12-8-23(9-13-25)30(40)42-5-2)29(39)37(32(36)44)26-14-10-24(11-15-26)31(41)43-6-3/h8-15,27H,4-7,16-22H2,1-3H3,(H,33,38)/t27-/m0/s1. The summed E-state index contributed by atoms with van der Waals surface area (Å²) in [5.41, 5.74) is 1.78. The van der Waals surface area contributed by atoms with E-state index in [1.165, 1.54) is 4.90 Å². The number of amides is 2. The Morgan fingerprint density at radius 2 is 1.36 bits per heavy atom. The highest BCUT2D eigenvalue weighted by atomic mass is 32.1. The molecule has 2 aliphatic heterocycles. The topological polar surface area (TPSA) is 112 Å². The third-order valence-electron chi connectivity index (χ3n) is 7.80. The Balaban J connectivity index is 1.46. The highest BCUT2D eigenvalue weighted by molar-refractivity contribution is 7.80. The van der Waals surface area contributed by atoms with Gasteiger partial charge in [0.1, 0.15) is 6.04 Å². The molecule has 11 nitrogen and oxygen atoms in total. The molecule has 44 heavy (non-hydrogen) atoms. The van der Waals surface area contributed by atoms with E-state index in [1.54, 1.807) is 62.4 Å². The molecule has 0 saturated carbocycles. The molecule has 2 fully saturated rings. The maximum atomic E-state index is 13.8. The van der Waals surface area contributed by atoms with Gasteiger partial charge in [-0.1, -0.05) is 6.92 Å². The maximum Gasteiger partial charge on any atom is 0.338 e. The van der Waals surface area contributed by atoms with Crippen molar-refractivity contribution >= 4 is 52.5 Å². The molecule has 0 spiro atoms. The Morgan fingerprint density at radius 1 is 0.818 bits per heavy atom. The third-order valence-corrected chi connectivity index (χ3v) is 8.22. The highest BCUT2D eigenvalue weighted by Crippen LogP contribution is 2.28. The summed E-state index contributed by atoms with van der Waals surface area (Å²) in [5.74, 6) is -1.53. The average molecular weight is 624 g/mol. The monoisotopic (exact) mass is 623 g/mol. The molecule has 0 aliphatic carbocycles. The Morgan fingerprint density at radius 3 is 1.91 bits per heavy atom. The first-order valence-corrected chi connectivity index (χ1v) is 15.6. The summed E-state index contributed by atoms with van der Waals surface area (Å²) in [6.07, 6.45) is 0.674. The van der Waals surface area contributed by atoms with Crippen LogP contribution in [0.15, 0.2) is 48.5 Å². The van der Waals surface area contributed by atoms with E-state index < -0.39 is 18.0 Å². The lowest BCUT2D eigenvalue weighted by molar-refractivity contribution is -0.124. The zero-order valence-corrected chi connectivity index (χ0v) is 26.4. The molecule has 0 aromatic heterocycles. The van der Waals surface area contributed by atoms with Crippen molar-refractivity contribution in [1.82, 2.24) is 14.7 Å². The zero-order valence-electron chi connectivity index (χ0n) is 25.6. The number of likely N-dealkylation sites (N-methyl/N-ethyl adjacent to an activating group) is 1. The average Bonchev–Trinajstić information content (AvgIpc) is 3.25. The largest absolute Gasteiger partial charge is 0.462 e. The predicted molar refractivity (Wildman–Crippen MR) is 172 cm³/mol. The lowest BCUT2D eigenvalue weighted by atomic mass is 10.1. The SMILES string of the molecule is CCOC(=O)c1ccc(NC(=O)C[C@H]2C(=O)N(c3ccc(C(=O)OCC)cc3)C(=S)N2CCCN2CCN(CC)CC2)cc1. The zero-order chi connectivity index (χ0) is 31.6. The van der Waals surface area contributed by atoms with Gasteiger partial charge >= 0.3 is 11.9 Å². The molecule has 0 bridgehead atoms. The number of esters is 2. The van der Waals surface area contributed by atoms with Gasteiger partial charge in [0.05, 0.1) is 36.4 Å². The van der Waals surface area contributed by atoms with Crippen LogP contribution in [0.1, 0.15) is 54.3 Å². The second-order valence-electron chi connectivity index (χ2n) is 10.6. The van der Waals surface area contributed by atoms with Crippen LogP contribution in [0.4, 0.5) is 11.4 Å². The van der Waals surface area contributed by atoms with Crippen molar-refractivity contribution in [3.05, 3.63) is 59.7 Å². The maximum absolute atomic E-state index is 13.8. The molecule has 1 atom stereocenters. The normalized spacial score (nSPS) is 17.6. The minimum absolute atomic E-state index is 0.106. The summed E-state index contributed by atoms with van der Waals surface area (Å²) >= 11 is 5.81. The Hall–Kier alpha value is -3.87. The van der Waals surface area contributed by atoms with Crippen molar-refractivity contribution in [1.29, 1.82) is 0 Å². The van der Waals surface area contributed by atoms with Gasteiger partial charge in [-0.25, -0.2) is 9.59 Å². The Labute approximate surface area is 264 Å². The number of anilines is 2. The third kappa shape index (κ3) is 8.19. The van der Waals surface area contributed by atoms with E-state index >= 15 is 0 Å². The van der Waals surface area contributed by atoms with Gasteiger partial charge < -0.3 is 29.5 Å². The molecule has 2 saturated heterocycles. The minimum Gasteiger partial charge on any atom is -0.462 e. The quantitative estimate of drug-likeness (QED) is 0.263. The minimum atomic E-state index is -0.789. The summed E-state index contributed by atoms with van der Waals surface area (Å²) in [6.45, 7) is 12.7. The van der Waals surface area contributed by atoms with Gasteiger partial charge in [0, 0.05) is 38.4 Å². The van der Waals surface area contributed by atoms with Crippen LogP contribution in [0.5, 0.6) is 0 Å². The first kappa shape index (κ1) is 33.0. The fourth-order valence-electron chi connectivity index (χ4n) is 5.37. The molecule has 2 aliphatic rings. The number of nitrogens with one attached hydrogen (secondary N) is 1. The summed E-state index contributed by atoms with van der Waals surface area (Å²) in [6, 6.07) is 12.1. The Bertz CT molecular complexity index is 1330. The van der Waals surface area contributed by atoms with Gasteiger partial charge in [-0.3, -0.25) is 14.5 Å². The van der Waals surface area contributed by atoms with Crippen LogP contribution in [0, 0.1) is 0 Å². The second kappa shape index (κ2) is 15.7. The number of thiocarbonyl (C=S) groups is 1. The first-order chi connectivity index (χ1) is 21.2. The molecule has 2 aromatic rings. The number of ether oxygens (including phenoxy) is 2. The predicted octanol–water partition coefficient (Wildman–Crippen LogP) is 3.40. The van der Waals surface area contributed by atoms with Gasteiger partial charge in [0.2, 0.25) is 5.91 Å². The van der Waals surface area contributed by atoms with Crippen LogP contribution < -0.4 is 10.2 Å². The fourth-order valence-corrected chi connectivity index (χ4v) is 5.79. The number of benzene rings is 2. The van der Waals surface area contributed by atoms with Crippen molar-refractivity contribution in [3.8, 4) is 0 Å². The van der Waals surface area contributed by atoms with Crippen molar-refractivity contribution in [3.63, 3.8) is 0 Å². The lowest BCUT2D eigenvalue weighted by Gasteiger charge is -2.34. The van der Waals surface area contributed by atoms with Crippen LogP contribution in [-0.4, -0.2) is 109 Å². The number of piperazine rings is 1. The van der Waals surface area contributed by atoms with Gasteiger partial charge in [0.15, 0.2) is 5.11 Å². The summed E-state index contributed by atoms with van der Waals surface area (Å²) < 4.78 is 10.1. The molecule has 2 heterocycles. The molecule has 1 N–H and O–H groups in total. The summed E-state index contributed by atoms with van der Waals surface area (Å²) in [5, 5.41) is 3.16. The number of hydrogen-bond acceptors (Lipinski definition) is 9. The highest BCUT2D eigenvalue weighted by Gasteiger charge is 2.44. The van der Waals surface area contributed by atoms with Crippen LogP contribution in [0.2, 0.25) is 0 Å². The number of nitrogens with zero attached hydrogens (tertiary/aromatic N) is 4. The van der Waals surface area contributed by atoms with Gasteiger partial charge in [-0.2, -0.15) is 0 Å². The van der Waals surface area contributed by atoms with Gasteiger partial charge in [0.25, 0.3) is 5.91 Å². The molecular weight excluding hydrogens is 582 g/mol. The van der Waals surface area contributed by atoms with E-state index in [-0.39, 0.29) is 31.4 Å². The smallest absolute Gasteiger partial charge is 0.338 e. The number of carbonyl (C=O) groups excluding carboxylic acids is 4. The first-order valence-electron chi connectivity index (χ1n) is 15.2. The van der Waals surface area contributed by atoms with E-state index in [1.807, 2.05) is 4.90 Å². The fraction of sp³-hybridized carbons (Fsp3) is 0.469. The Kier molecular flexibility index (Phi) is 11.8. The van der Waals surface area contributed by atoms with Gasteiger partial charge in [-0.05, 0) is 94.1 Å².